The summed E-state index contributed by atoms with van der Waals surface area (Å²) < 4.78 is 0. The summed E-state index contributed by atoms with van der Waals surface area (Å²) in [5, 5.41) is 0. The Kier molecular flexibility index (Phi) is 5.77. The van der Waals surface area contributed by atoms with E-state index in [0.29, 0.717) is 0 Å². The molecule has 0 aromatic heterocycles. The van der Waals surface area contributed by atoms with Crippen LogP contribution in [0.25, 0.3) is 0 Å². The predicted molar refractivity (Wildman–Crippen MR) is 63.8 cm³/mol. The van der Waals surface area contributed by atoms with E-state index in [-0.39, 0.29) is 5.54 Å². The molecule has 0 heterocycles. The number of nitrogens with zero attached hydrogens (tertiary/aromatic N) is 2. The van der Waals surface area contributed by atoms with E-state index in [2.05, 4.69) is 44.5 Å². The van der Waals surface area contributed by atoms with E-state index in [0.717, 1.165) is 31.9 Å². The summed E-state index contributed by atoms with van der Waals surface area (Å²) in [5.41, 5.74) is 5.79. The summed E-state index contributed by atoms with van der Waals surface area (Å²) in [4.78, 5) is 6.77. The second kappa shape index (κ2) is 6.02. The average molecular weight is 199 g/mol. The summed E-state index contributed by atoms with van der Waals surface area (Å²) >= 11 is 0. The molecule has 0 aromatic carbocycles. The summed E-state index contributed by atoms with van der Waals surface area (Å²) in [6.07, 6.45) is 0.874. The molecular formula is C11H25N3. The molecule has 0 amide bonds. The van der Waals surface area contributed by atoms with E-state index in [9.17, 15) is 0 Å². The van der Waals surface area contributed by atoms with Gasteiger partial charge in [-0.2, -0.15) is 0 Å². The molecule has 0 saturated carbocycles. The molecule has 0 rings (SSSR count). The van der Waals surface area contributed by atoms with Crippen LogP contribution in [0.2, 0.25) is 0 Å². The lowest BCUT2D eigenvalue weighted by Crippen LogP contribution is -2.29. The van der Waals surface area contributed by atoms with Crippen LogP contribution in [-0.4, -0.2) is 35.9 Å². The van der Waals surface area contributed by atoms with Gasteiger partial charge in [0.15, 0.2) is 0 Å². The van der Waals surface area contributed by atoms with Gasteiger partial charge >= 0.3 is 0 Å². The second-order valence-corrected chi connectivity index (χ2v) is 4.55. The highest BCUT2D eigenvalue weighted by molar-refractivity contribution is 5.80. The molecule has 0 atom stereocenters. The van der Waals surface area contributed by atoms with E-state index in [1.165, 1.54) is 0 Å². The van der Waals surface area contributed by atoms with E-state index < -0.39 is 0 Å². The highest BCUT2D eigenvalue weighted by atomic mass is 15.1. The van der Waals surface area contributed by atoms with Gasteiger partial charge in [0.1, 0.15) is 0 Å². The van der Waals surface area contributed by atoms with Crippen molar-refractivity contribution in [3.63, 3.8) is 0 Å². The van der Waals surface area contributed by atoms with Gasteiger partial charge in [0.25, 0.3) is 0 Å². The van der Waals surface area contributed by atoms with Crippen LogP contribution < -0.4 is 5.73 Å². The number of amidine groups is 1. The van der Waals surface area contributed by atoms with Crippen LogP contribution in [0.4, 0.5) is 0 Å². The van der Waals surface area contributed by atoms with Crippen molar-refractivity contribution in [2.24, 2.45) is 10.7 Å². The highest BCUT2D eigenvalue weighted by Gasteiger charge is 2.08. The van der Waals surface area contributed by atoms with Gasteiger partial charge < -0.3 is 10.6 Å². The van der Waals surface area contributed by atoms with Crippen LogP contribution in [-0.2, 0) is 0 Å². The molecule has 0 aliphatic rings. The van der Waals surface area contributed by atoms with E-state index >= 15 is 0 Å². The Morgan fingerprint density at radius 3 is 2.07 bits per heavy atom. The molecule has 0 saturated heterocycles. The van der Waals surface area contributed by atoms with E-state index in [1.807, 2.05) is 0 Å². The molecular weight excluding hydrogens is 174 g/mol. The minimum atomic E-state index is -0.0483. The van der Waals surface area contributed by atoms with Crippen LogP contribution >= 0.6 is 0 Å². The molecule has 0 unspecified atom stereocenters. The molecule has 0 aromatic rings. The maximum atomic E-state index is 5.84. The second-order valence-electron chi connectivity index (χ2n) is 4.55. The third kappa shape index (κ3) is 6.89. The molecule has 0 bridgehead atoms. The first-order valence-corrected chi connectivity index (χ1v) is 5.45. The molecule has 84 valence electrons. The zero-order chi connectivity index (χ0) is 11.2. The van der Waals surface area contributed by atoms with Gasteiger partial charge in [-0.3, -0.25) is 4.99 Å². The fraction of sp³-hybridized carbons (Fsp3) is 0.909. The van der Waals surface area contributed by atoms with Gasteiger partial charge in [0.2, 0.25) is 0 Å². The average Bonchev–Trinajstić information content (AvgIpc) is 2.03. The summed E-state index contributed by atoms with van der Waals surface area (Å²) in [7, 11) is 0. The van der Waals surface area contributed by atoms with Crippen molar-refractivity contribution in [2.75, 3.05) is 19.6 Å². The zero-order valence-corrected chi connectivity index (χ0v) is 10.3. The Bertz CT molecular complexity index is 175. The molecule has 0 radical (unpaired) electrons. The van der Waals surface area contributed by atoms with Gasteiger partial charge in [0.05, 0.1) is 11.4 Å². The maximum Gasteiger partial charge on any atom is 0.0956 e. The predicted octanol–water partition coefficient (Wildman–Crippen LogP) is 1.87. The van der Waals surface area contributed by atoms with E-state index in [1.54, 1.807) is 0 Å². The normalized spacial score (nSPS) is 13.7. The molecule has 0 fully saturated rings. The van der Waals surface area contributed by atoms with Crippen LogP contribution in [0.15, 0.2) is 4.99 Å². The maximum absolute atomic E-state index is 5.84. The van der Waals surface area contributed by atoms with Crippen LogP contribution in [0, 0.1) is 0 Å². The summed E-state index contributed by atoms with van der Waals surface area (Å²) in [5.74, 6) is 0.768. The standard InChI is InChI=1S/C11H25N3/c1-6-14(7-2)9-8-10(12)13-11(3,4)5/h6-9H2,1-5H3,(H2,12,13). The first-order valence-electron chi connectivity index (χ1n) is 5.45. The van der Waals surface area contributed by atoms with Crippen LogP contribution in [0.5, 0.6) is 0 Å². The molecule has 14 heavy (non-hydrogen) atoms. The smallest absolute Gasteiger partial charge is 0.0956 e. The molecule has 0 aliphatic heterocycles. The highest BCUT2D eigenvalue weighted by Crippen LogP contribution is 2.06. The summed E-state index contributed by atoms with van der Waals surface area (Å²) in [6, 6.07) is 0. The largest absolute Gasteiger partial charge is 0.387 e. The SMILES string of the molecule is CCN(CC)CCC(N)=NC(C)(C)C. The van der Waals surface area contributed by atoms with Gasteiger partial charge in [0, 0.05) is 13.0 Å². The topological polar surface area (TPSA) is 41.6 Å². The molecule has 3 heteroatoms. The van der Waals surface area contributed by atoms with Gasteiger partial charge in [-0.15, -0.1) is 0 Å². The van der Waals surface area contributed by atoms with E-state index in [4.69, 9.17) is 5.73 Å². The molecule has 0 spiro atoms. The number of nitrogens with two attached hydrogens (primary N) is 1. The van der Waals surface area contributed by atoms with Crippen LogP contribution in [0.1, 0.15) is 41.0 Å². The molecule has 3 nitrogen and oxygen atoms in total. The fourth-order valence-corrected chi connectivity index (χ4v) is 1.30. The van der Waals surface area contributed by atoms with Crippen LogP contribution in [0.3, 0.4) is 0 Å². The Morgan fingerprint density at radius 1 is 1.21 bits per heavy atom. The lowest BCUT2D eigenvalue weighted by molar-refractivity contribution is 0.312. The quantitative estimate of drug-likeness (QED) is 0.542. The molecule has 2 N–H and O–H groups in total. The zero-order valence-electron chi connectivity index (χ0n) is 10.3. The summed E-state index contributed by atoms with van der Waals surface area (Å²) in [6.45, 7) is 13.7. The van der Waals surface area contributed by atoms with Crippen molar-refractivity contribution >= 4 is 5.84 Å². The molecule has 0 aliphatic carbocycles. The number of hydrogen-bond donors (Lipinski definition) is 1. The van der Waals surface area contributed by atoms with Crippen molar-refractivity contribution in [2.45, 2.75) is 46.6 Å². The minimum Gasteiger partial charge on any atom is -0.387 e. The third-order valence-electron chi connectivity index (χ3n) is 2.06. The van der Waals surface area contributed by atoms with Gasteiger partial charge in [-0.25, -0.2) is 0 Å². The van der Waals surface area contributed by atoms with Crippen molar-refractivity contribution in [3.8, 4) is 0 Å². The lowest BCUT2D eigenvalue weighted by Gasteiger charge is -2.19. The Balaban J connectivity index is 3.95. The Labute approximate surface area is 88.4 Å². The first kappa shape index (κ1) is 13.4. The lowest BCUT2D eigenvalue weighted by atomic mass is 10.1. The Morgan fingerprint density at radius 2 is 1.71 bits per heavy atom. The number of aliphatic imine (C=N–C) groups is 1. The monoisotopic (exact) mass is 199 g/mol. The third-order valence-corrected chi connectivity index (χ3v) is 2.06. The first-order chi connectivity index (χ1) is 6.39. The van der Waals surface area contributed by atoms with Crippen molar-refractivity contribution in [3.05, 3.63) is 0 Å². The Hall–Kier alpha value is -0.570. The van der Waals surface area contributed by atoms with Crippen molar-refractivity contribution < 1.29 is 0 Å². The van der Waals surface area contributed by atoms with Gasteiger partial charge in [-0.05, 0) is 33.9 Å². The van der Waals surface area contributed by atoms with Crippen molar-refractivity contribution in [1.29, 1.82) is 0 Å². The minimum absolute atomic E-state index is 0.0483. The fourth-order valence-electron chi connectivity index (χ4n) is 1.30. The number of hydrogen-bond acceptors (Lipinski definition) is 2. The number of rotatable bonds is 5. The van der Waals surface area contributed by atoms with Gasteiger partial charge in [-0.1, -0.05) is 13.8 Å². The van der Waals surface area contributed by atoms with Crippen molar-refractivity contribution in [1.82, 2.24) is 4.90 Å².